The Labute approximate surface area is 156 Å². The molecule has 7 heteroatoms. The highest BCUT2D eigenvalue weighted by molar-refractivity contribution is 7.25. The number of nitrogens with zero attached hydrogens (tertiary/aromatic N) is 3. The molecule has 0 saturated heterocycles. The summed E-state index contributed by atoms with van der Waals surface area (Å²) in [7, 11) is 0. The van der Waals surface area contributed by atoms with Crippen molar-refractivity contribution in [3.8, 4) is 5.69 Å². The van der Waals surface area contributed by atoms with Crippen LogP contribution in [0.5, 0.6) is 0 Å². The zero-order valence-corrected chi connectivity index (χ0v) is 15.5. The molecule has 4 aromatic heterocycles. The van der Waals surface area contributed by atoms with Gasteiger partial charge in [0.2, 0.25) is 0 Å². The lowest BCUT2D eigenvalue weighted by Crippen LogP contribution is -2.16. The van der Waals surface area contributed by atoms with Crippen LogP contribution in [0.15, 0.2) is 53.0 Å². The van der Waals surface area contributed by atoms with Crippen LogP contribution in [0.3, 0.4) is 0 Å². The van der Waals surface area contributed by atoms with Crippen molar-refractivity contribution in [3.05, 3.63) is 58.6 Å². The first-order valence-corrected chi connectivity index (χ1v) is 9.96. The number of fused-ring (bicyclic) bond motifs is 4. The third kappa shape index (κ3) is 2.24. The molecule has 5 aromatic rings. The Morgan fingerprint density at radius 1 is 1.19 bits per heavy atom. The molecule has 0 aliphatic carbocycles. The number of rotatable bonds is 3. The number of thiazole rings is 1. The summed E-state index contributed by atoms with van der Waals surface area (Å²) in [6.45, 7) is 2.88. The van der Waals surface area contributed by atoms with Gasteiger partial charge < -0.3 is 5.32 Å². The largest absolute Gasteiger partial charge is 0.385 e. The monoisotopic (exact) mass is 378 g/mol. The number of thiophene rings is 1. The van der Waals surface area contributed by atoms with Crippen molar-refractivity contribution in [2.24, 2.45) is 0 Å². The average Bonchev–Trinajstić information content (AvgIpc) is 3.27. The Balaban J connectivity index is 1.78. The van der Waals surface area contributed by atoms with Gasteiger partial charge in [-0.25, -0.2) is 9.97 Å². The molecule has 0 saturated carbocycles. The van der Waals surface area contributed by atoms with E-state index in [1.54, 1.807) is 22.1 Å². The van der Waals surface area contributed by atoms with E-state index in [-0.39, 0.29) is 5.56 Å². The van der Waals surface area contributed by atoms with Crippen LogP contribution >= 0.6 is 22.7 Å². The third-order valence-corrected chi connectivity index (χ3v) is 6.30. The van der Waals surface area contributed by atoms with Crippen LogP contribution in [0.4, 0.5) is 5.69 Å². The standard InChI is InChI=1S/C19H14N4OS2/c1-2-20-13-5-7-21-18-16(13)12-6-8-23(19(24)17(12)26-18)11-3-4-15-14(9-11)22-10-25-15/h3-10H,2H2,1H3,(H,20,21). The molecule has 1 aromatic carbocycles. The van der Waals surface area contributed by atoms with E-state index in [0.717, 1.165) is 48.4 Å². The van der Waals surface area contributed by atoms with E-state index < -0.39 is 0 Å². The Bertz CT molecular complexity index is 1330. The van der Waals surface area contributed by atoms with Crippen LogP contribution in [-0.4, -0.2) is 21.1 Å². The maximum absolute atomic E-state index is 13.1. The minimum Gasteiger partial charge on any atom is -0.385 e. The second-order valence-corrected chi connectivity index (χ2v) is 7.79. The van der Waals surface area contributed by atoms with Gasteiger partial charge in [0.25, 0.3) is 5.56 Å². The van der Waals surface area contributed by atoms with Gasteiger partial charge in [-0.15, -0.1) is 22.7 Å². The van der Waals surface area contributed by atoms with Crippen molar-refractivity contribution in [1.82, 2.24) is 14.5 Å². The molecule has 0 unspecified atom stereocenters. The lowest BCUT2D eigenvalue weighted by molar-refractivity contribution is 1.01. The number of hydrogen-bond donors (Lipinski definition) is 1. The Morgan fingerprint density at radius 2 is 2.12 bits per heavy atom. The van der Waals surface area contributed by atoms with Gasteiger partial charge in [0.1, 0.15) is 9.53 Å². The van der Waals surface area contributed by atoms with Gasteiger partial charge in [0.15, 0.2) is 0 Å². The fourth-order valence-electron chi connectivity index (χ4n) is 3.23. The lowest BCUT2D eigenvalue weighted by atomic mass is 10.2. The Morgan fingerprint density at radius 3 is 3.00 bits per heavy atom. The van der Waals surface area contributed by atoms with Crippen molar-refractivity contribution < 1.29 is 0 Å². The van der Waals surface area contributed by atoms with E-state index in [2.05, 4.69) is 22.2 Å². The molecule has 5 nitrogen and oxygen atoms in total. The molecule has 1 N–H and O–H groups in total. The van der Waals surface area contributed by atoms with E-state index >= 15 is 0 Å². The molecule has 128 valence electrons. The first-order chi connectivity index (χ1) is 12.8. The molecule has 0 radical (unpaired) electrons. The number of nitrogens with one attached hydrogen (secondary N) is 1. The van der Waals surface area contributed by atoms with Gasteiger partial charge >= 0.3 is 0 Å². The number of hydrogen-bond acceptors (Lipinski definition) is 6. The summed E-state index contributed by atoms with van der Waals surface area (Å²) < 4.78 is 3.52. The second-order valence-electron chi connectivity index (χ2n) is 5.91. The van der Waals surface area contributed by atoms with E-state index in [0.29, 0.717) is 0 Å². The molecule has 0 atom stereocenters. The molecule has 0 amide bonds. The molecule has 0 bridgehead atoms. The fraction of sp³-hybridized carbons (Fsp3) is 0.105. The molecular weight excluding hydrogens is 364 g/mol. The lowest BCUT2D eigenvalue weighted by Gasteiger charge is -2.07. The predicted molar refractivity (Wildman–Crippen MR) is 110 cm³/mol. The topological polar surface area (TPSA) is 59.8 Å². The summed E-state index contributed by atoms with van der Waals surface area (Å²) >= 11 is 3.04. The van der Waals surface area contributed by atoms with Crippen LogP contribution < -0.4 is 10.9 Å². The highest BCUT2D eigenvalue weighted by atomic mass is 32.1. The molecule has 0 aliphatic rings. The van der Waals surface area contributed by atoms with Crippen molar-refractivity contribution in [1.29, 1.82) is 0 Å². The smallest absolute Gasteiger partial charge is 0.273 e. The van der Waals surface area contributed by atoms with E-state index in [4.69, 9.17) is 0 Å². The maximum Gasteiger partial charge on any atom is 0.273 e. The third-order valence-electron chi connectivity index (χ3n) is 4.39. The summed E-state index contributed by atoms with van der Waals surface area (Å²) in [4.78, 5) is 22.8. The Hall–Kier alpha value is -2.77. The van der Waals surface area contributed by atoms with E-state index in [1.807, 2.05) is 42.0 Å². The van der Waals surface area contributed by atoms with Crippen molar-refractivity contribution >= 4 is 58.9 Å². The van der Waals surface area contributed by atoms with E-state index in [1.165, 1.54) is 11.3 Å². The summed E-state index contributed by atoms with van der Waals surface area (Å²) in [5.41, 5.74) is 4.55. The first-order valence-electron chi connectivity index (χ1n) is 8.26. The SMILES string of the molecule is CCNc1ccnc2sc3c(=O)n(-c4ccc5scnc5c4)ccc3c12. The zero-order valence-electron chi connectivity index (χ0n) is 13.9. The molecule has 26 heavy (non-hydrogen) atoms. The molecule has 5 rings (SSSR count). The molecule has 4 heterocycles. The fourth-order valence-corrected chi connectivity index (χ4v) is 4.98. The maximum atomic E-state index is 13.1. The summed E-state index contributed by atoms with van der Waals surface area (Å²) in [5, 5.41) is 5.33. The number of benzene rings is 1. The van der Waals surface area contributed by atoms with E-state index in [9.17, 15) is 4.79 Å². The Kier molecular flexibility index (Phi) is 3.51. The average molecular weight is 378 g/mol. The van der Waals surface area contributed by atoms with Gasteiger partial charge in [0, 0.05) is 35.4 Å². The van der Waals surface area contributed by atoms with Gasteiger partial charge in [0.05, 0.1) is 21.4 Å². The molecular formula is C19H14N4OS2. The highest BCUT2D eigenvalue weighted by Crippen LogP contribution is 2.35. The van der Waals surface area contributed by atoms with Gasteiger partial charge in [-0.1, -0.05) is 0 Å². The summed E-state index contributed by atoms with van der Waals surface area (Å²) in [6, 6.07) is 9.88. The van der Waals surface area contributed by atoms with Crippen molar-refractivity contribution in [2.45, 2.75) is 6.92 Å². The predicted octanol–water partition coefficient (Wildman–Crippen LogP) is 4.64. The minimum absolute atomic E-state index is 0.0254. The first kappa shape index (κ1) is 15.5. The quantitative estimate of drug-likeness (QED) is 0.497. The normalized spacial score (nSPS) is 11.6. The minimum atomic E-state index is -0.0254. The molecule has 0 fully saturated rings. The van der Waals surface area contributed by atoms with Crippen molar-refractivity contribution in [2.75, 3.05) is 11.9 Å². The van der Waals surface area contributed by atoms with Crippen LogP contribution in [0.25, 0.3) is 36.2 Å². The molecule has 0 aliphatic heterocycles. The van der Waals surface area contributed by atoms with Gasteiger partial charge in [-0.2, -0.15) is 0 Å². The van der Waals surface area contributed by atoms with Crippen LogP contribution in [0.1, 0.15) is 6.92 Å². The highest BCUT2D eigenvalue weighted by Gasteiger charge is 2.14. The van der Waals surface area contributed by atoms with Gasteiger partial charge in [-0.3, -0.25) is 9.36 Å². The van der Waals surface area contributed by atoms with Crippen LogP contribution in [0.2, 0.25) is 0 Å². The number of pyridine rings is 2. The van der Waals surface area contributed by atoms with Crippen LogP contribution in [-0.2, 0) is 0 Å². The zero-order chi connectivity index (χ0) is 17.7. The van der Waals surface area contributed by atoms with Crippen molar-refractivity contribution in [3.63, 3.8) is 0 Å². The summed E-state index contributed by atoms with van der Waals surface area (Å²) in [6.07, 6.45) is 3.62. The number of anilines is 1. The van der Waals surface area contributed by atoms with Crippen LogP contribution in [0, 0.1) is 0 Å². The van der Waals surface area contributed by atoms with Gasteiger partial charge in [-0.05, 0) is 37.3 Å². The second kappa shape index (κ2) is 5.89. The summed E-state index contributed by atoms with van der Waals surface area (Å²) in [5.74, 6) is 0. The number of aromatic nitrogens is 3. The molecule has 0 spiro atoms.